The number of rotatable bonds is 4. The zero-order valence-electron chi connectivity index (χ0n) is 8.24. The highest BCUT2D eigenvalue weighted by Crippen LogP contribution is 1.96. The Morgan fingerprint density at radius 1 is 1.46 bits per heavy atom. The Bertz CT molecular complexity index is 192. The first-order valence-electron chi connectivity index (χ1n) is 4.13. The number of carbonyl (C=O) groups is 2. The van der Waals surface area contributed by atoms with Crippen LogP contribution in [0.2, 0.25) is 0 Å². The zero-order chi connectivity index (χ0) is 10.4. The maximum Gasteiger partial charge on any atom is 0.409 e. The number of carbonyl (C=O) groups excluding carboxylic acids is 2. The topological polar surface area (TPSA) is 72.6 Å². The summed E-state index contributed by atoms with van der Waals surface area (Å²) in [4.78, 5) is 22.8. The number of nitrogens with two attached hydrogens (primary N) is 1. The third-order valence-electron chi connectivity index (χ3n) is 1.34. The molecule has 0 atom stereocenters. The van der Waals surface area contributed by atoms with Gasteiger partial charge in [-0.2, -0.15) is 0 Å². The molecule has 13 heavy (non-hydrogen) atoms. The van der Waals surface area contributed by atoms with Gasteiger partial charge in [0.1, 0.15) is 0 Å². The standard InChI is InChI=1S/C8H16N2O3/c1-6(2)13-8(12)10(3)5-4-7(9)11/h6H,4-5H2,1-3H3,(H2,9,11). The van der Waals surface area contributed by atoms with Gasteiger partial charge in [-0.05, 0) is 13.8 Å². The SMILES string of the molecule is CC(C)OC(=O)N(C)CCC(N)=O. The lowest BCUT2D eigenvalue weighted by atomic mass is 10.4. The maximum absolute atomic E-state index is 11.1. The first-order chi connectivity index (χ1) is 5.93. The van der Waals surface area contributed by atoms with Crippen molar-refractivity contribution >= 4 is 12.0 Å². The highest BCUT2D eigenvalue weighted by Gasteiger charge is 2.11. The molecule has 0 rings (SSSR count). The molecular weight excluding hydrogens is 172 g/mol. The largest absolute Gasteiger partial charge is 0.447 e. The minimum atomic E-state index is -0.434. The van der Waals surface area contributed by atoms with Gasteiger partial charge >= 0.3 is 6.09 Å². The van der Waals surface area contributed by atoms with E-state index in [2.05, 4.69) is 0 Å². The molecule has 0 aromatic rings. The number of hydrogen-bond acceptors (Lipinski definition) is 3. The van der Waals surface area contributed by atoms with E-state index in [9.17, 15) is 9.59 Å². The molecule has 0 bridgehead atoms. The Hall–Kier alpha value is -1.26. The van der Waals surface area contributed by atoms with Crippen LogP contribution in [0.5, 0.6) is 0 Å². The predicted octanol–water partition coefficient (Wildman–Crippen LogP) is 0.339. The van der Waals surface area contributed by atoms with Crippen LogP contribution in [-0.2, 0) is 9.53 Å². The van der Waals surface area contributed by atoms with E-state index in [0.717, 1.165) is 0 Å². The van der Waals surface area contributed by atoms with Crippen LogP contribution in [0, 0.1) is 0 Å². The minimum absolute atomic E-state index is 0.150. The van der Waals surface area contributed by atoms with Crippen LogP contribution in [0.25, 0.3) is 0 Å². The summed E-state index contributed by atoms with van der Waals surface area (Å²) in [6.45, 7) is 3.82. The lowest BCUT2D eigenvalue weighted by Crippen LogP contribution is -2.32. The average molecular weight is 188 g/mol. The third kappa shape index (κ3) is 5.95. The fourth-order valence-electron chi connectivity index (χ4n) is 0.661. The van der Waals surface area contributed by atoms with Gasteiger partial charge in [0, 0.05) is 20.0 Å². The summed E-state index contributed by atoms with van der Waals surface area (Å²) < 4.78 is 4.88. The molecule has 5 nitrogen and oxygen atoms in total. The molecule has 0 aliphatic rings. The molecule has 2 amide bonds. The normalized spacial score (nSPS) is 9.85. The summed E-state index contributed by atoms with van der Waals surface area (Å²) in [7, 11) is 1.56. The Morgan fingerprint density at radius 2 is 2.00 bits per heavy atom. The van der Waals surface area contributed by atoms with Gasteiger partial charge in [0.05, 0.1) is 6.10 Å². The average Bonchev–Trinajstić information content (AvgIpc) is 1.98. The van der Waals surface area contributed by atoms with E-state index < -0.39 is 12.0 Å². The number of ether oxygens (including phenoxy) is 1. The Balaban J connectivity index is 3.76. The van der Waals surface area contributed by atoms with Crippen LogP contribution in [0.15, 0.2) is 0 Å². The molecule has 0 aromatic carbocycles. The van der Waals surface area contributed by atoms with E-state index in [0.29, 0.717) is 6.54 Å². The van der Waals surface area contributed by atoms with Crippen molar-refractivity contribution in [1.29, 1.82) is 0 Å². The quantitative estimate of drug-likeness (QED) is 0.691. The van der Waals surface area contributed by atoms with Gasteiger partial charge in [0.2, 0.25) is 5.91 Å². The predicted molar refractivity (Wildman–Crippen MR) is 48.1 cm³/mol. The smallest absolute Gasteiger partial charge is 0.409 e. The molecule has 0 unspecified atom stereocenters. The van der Waals surface area contributed by atoms with Crippen molar-refractivity contribution in [1.82, 2.24) is 4.90 Å². The van der Waals surface area contributed by atoms with Crippen molar-refractivity contribution in [2.24, 2.45) is 5.73 Å². The van der Waals surface area contributed by atoms with E-state index >= 15 is 0 Å². The molecule has 0 aromatic heterocycles. The van der Waals surface area contributed by atoms with E-state index in [1.54, 1.807) is 20.9 Å². The lowest BCUT2D eigenvalue weighted by Gasteiger charge is -2.17. The first-order valence-corrected chi connectivity index (χ1v) is 4.13. The summed E-state index contributed by atoms with van der Waals surface area (Å²) in [5.41, 5.74) is 4.92. The van der Waals surface area contributed by atoms with Crippen LogP contribution in [-0.4, -0.2) is 36.6 Å². The van der Waals surface area contributed by atoms with Crippen LogP contribution < -0.4 is 5.73 Å². The summed E-state index contributed by atoms with van der Waals surface area (Å²) in [6.07, 6.45) is -0.427. The molecule has 0 radical (unpaired) electrons. The van der Waals surface area contributed by atoms with Crippen molar-refractivity contribution in [2.45, 2.75) is 26.4 Å². The van der Waals surface area contributed by atoms with Gasteiger partial charge in [0.25, 0.3) is 0 Å². The molecule has 5 heteroatoms. The monoisotopic (exact) mass is 188 g/mol. The third-order valence-corrected chi connectivity index (χ3v) is 1.34. The van der Waals surface area contributed by atoms with Gasteiger partial charge in [-0.25, -0.2) is 4.79 Å². The Labute approximate surface area is 77.8 Å². The lowest BCUT2D eigenvalue weighted by molar-refractivity contribution is -0.118. The molecular formula is C8H16N2O3. The molecule has 0 heterocycles. The van der Waals surface area contributed by atoms with E-state index in [1.807, 2.05) is 0 Å². The maximum atomic E-state index is 11.1. The van der Waals surface area contributed by atoms with Gasteiger partial charge in [-0.15, -0.1) is 0 Å². The van der Waals surface area contributed by atoms with E-state index in [1.165, 1.54) is 4.90 Å². The van der Waals surface area contributed by atoms with Crippen molar-refractivity contribution in [3.63, 3.8) is 0 Å². The molecule has 76 valence electrons. The second kappa shape index (κ2) is 5.40. The molecule has 0 aliphatic carbocycles. The van der Waals surface area contributed by atoms with Crippen LogP contribution in [0.1, 0.15) is 20.3 Å². The highest BCUT2D eigenvalue weighted by atomic mass is 16.6. The fourth-order valence-corrected chi connectivity index (χ4v) is 0.661. The molecule has 2 N–H and O–H groups in total. The molecule has 0 fully saturated rings. The number of amides is 2. The van der Waals surface area contributed by atoms with Gasteiger partial charge in [-0.1, -0.05) is 0 Å². The second-order valence-electron chi connectivity index (χ2n) is 3.07. The van der Waals surface area contributed by atoms with Gasteiger partial charge < -0.3 is 15.4 Å². The van der Waals surface area contributed by atoms with E-state index in [-0.39, 0.29) is 12.5 Å². The van der Waals surface area contributed by atoms with Crippen molar-refractivity contribution in [2.75, 3.05) is 13.6 Å². The Morgan fingerprint density at radius 3 is 2.38 bits per heavy atom. The number of hydrogen-bond donors (Lipinski definition) is 1. The van der Waals surface area contributed by atoms with Crippen LogP contribution >= 0.6 is 0 Å². The summed E-state index contributed by atoms with van der Waals surface area (Å²) in [5, 5.41) is 0. The second-order valence-corrected chi connectivity index (χ2v) is 3.07. The highest BCUT2D eigenvalue weighted by molar-refractivity contribution is 5.75. The summed E-state index contributed by atoms with van der Waals surface area (Å²) >= 11 is 0. The van der Waals surface area contributed by atoms with Crippen LogP contribution in [0.3, 0.4) is 0 Å². The molecule has 0 saturated heterocycles. The first kappa shape index (κ1) is 11.7. The fraction of sp³-hybridized carbons (Fsp3) is 0.750. The van der Waals surface area contributed by atoms with Gasteiger partial charge in [-0.3, -0.25) is 4.79 Å². The number of primary amides is 1. The Kier molecular flexibility index (Phi) is 4.87. The molecule has 0 spiro atoms. The van der Waals surface area contributed by atoms with Crippen LogP contribution in [0.4, 0.5) is 4.79 Å². The molecule has 0 saturated carbocycles. The van der Waals surface area contributed by atoms with Crippen molar-refractivity contribution < 1.29 is 14.3 Å². The summed E-state index contributed by atoms with van der Waals surface area (Å²) in [5.74, 6) is -0.427. The number of nitrogens with zero attached hydrogens (tertiary/aromatic N) is 1. The minimum Gasteiger partial charge on any atom is -0.447 e. The summed E-state index contributed by atoms with van der Waals surface area (Å²) in [6, 6.07) is 0. The zero-order valence-corrected chi connectivity index (χ0v) is 8.24. The van der Waals surface area contributed by atoms with Crippen molar-refractivity contribution in [3.05, 3.63) is 0 Å². The molecule has 0 aliphatic heterocycles. The van der Waals surface area contributed by atoms with E-state index in [4.69, 9.17) is 10.5 Å². The van der Waals surface area contributed by atoms with Gasteiger partial charge in [0.15, 0.2) is 0 Å². The van der Waals surface area contributed by atoms with Crippen molar-refractivity contribution in [3.8, 4) is 0 Å².